The van der Waals surface area contributed by atoms with Gasteiger partial charge in [-0.15, -0.1) is 0 Å². The average molecular weight is 342 g/mol. The third kappa shape index (κ3) is 2.92. The van der Waals surface area contributed by atoms with Gasteiger partial charge in [0.25, 0.3) is 0 Å². The van der Waals surface area contributed by atoms with Crippen LogP contribution in [0.1, 0.15) is 19.0 Å². The Labute approximate surface area is 127 Å². The second-order valence-electron chi connectivity index (χ2n) is 4.57. The summed E-state index contributed by atoms with van der Waals surface area (Å²) in [5, 5.41) is 0.813. The molecule has 19 heavy (non-hydrogen) atoms. The van der Waals surface area contributed by atoms with Gasteiger partial charge in [0.1, 0.15) is 5.65 Å². The molecule has 104 valence electrons. The zero-order chi connectivity index (χ0) is 13.8. The highest BCUT2D eigenvalue weighted by Gasteiger charge is 2.20. The molecule has 0 spiro atoms. The molecule has 0 aliphatic heterocycles. The van der Waals surface area contributed by atoms with Crippen molar-refractivity contribution in [2.24, 2.45) is 0 Å². The molecule has 0 amide bonds. The van der Waals surface area contributed by atoms with E-state index in [0.717, 1.165) is 29.0 Å². The van der Waals surface area contributed by atoms with Crippen molar-refractivity contribution in [2.45, 2.75) is 24.7 Å². The van der Waals surface area contributed by atoms with Gasteiger partial charge >= 0.3 is 0 Å². The van der Waals surface area contributed by atoms with Gasteiger partial charge in [0.2, 0.25) is 0 Å². The fourth-order valence-corrected chi connectivity index (χ4v) is 3.67. The van der Waals surface area contributed by atoms with E-state index in [-0.39, 0.29) is 0 Å². The molecule has 2 heterocycles. The lowest BCUT2D eigenvalue weighted by atomic mass is 10.2. The van der Waals surface area contributed by atoms with Crippen LogP contribution >= 0.6 is 27.7 Å². The summed E-state index contributed by atoms with van der Waals surface area (Å²) in [6.45, 7) is 2.24. The van der Waals surface area contributed by atoms with Gasteiger partial charge in [-0.2, -0.15) is 11.8 Å². The number of thioether (sulfide) groups is 1. The molecule has 0 aliphatic rings. The molecule has 0 saturated heterocycles. The van der Waals surface area contributed by atoms with Crippen molar-refractivity contribution >= 4 is 39.2 Å². The lowest BCUT2D eigenvalue weighted by Gasteiger charge is -2.27. The number of rotatable bonds is 6. The number of fused-ring (bicyclic) bond motifs is 1. The molecule has 0 N–H and O–H groups in total. The Balaban J connectivity index is 2.43. The van der Waals surface area contributed by atoms with E-state index in [2.05, 4.69) is 57.7 Å². The van der Waals surface area contributed by atoms with Crippen LogP contribution in [0.25, 0.3) is 5.65 Å². The van der Waals surface area contributed by atoms with E-state index in [1.807, 2.05) is 23.9 Å². The van der Waals surface area contributed by atoms with E-state index >= 15 is 0 Å². The molecule has 0 saturated carbocycles. The molecule has 0 aliphatic carbocycles. The molecule has 5 heteroatoms. The standard InChI is InChI=1S/C14H20BrN3S/c1-4-11(10-19-3)17(2)14-12(9-15)18-8-6-5-7-13(18)16-14/h5-8,11H,4,9-10H2,1-3H3. The van der Waals surface area contributed by atoms with Crippen LogP contribution in [-0.4, -0.2) is 34.5 Å². The molecular weight excluding hydrogens is 322 g/mol. The van der Waals surface area contributed by atoms with Crippen molar-refractivity contribution < 1.29 is 0 Å². The summed E-state index contributed by atoms with van der Waals surface area (Å²) in [4.78, 5) is 7.10. The highest BCUT2D eigenvalue weighted by atomic mass is 79.9. The summed E-state index contributed by atoms with van der Waals surface area (Å²) < 4.78 is 2.16. The second-order valence-corrected chi connectivity index (χ2v) is 6.04. The zero-order valence-electron chi connectivity index (χ0n) is 11.6. The number of pyridine rings is 1. The van der Waals surface area contributed by atoms with Crippen LogP contribution < -0.4 is 4.90 Å². The molecule has 2 aromatic rings. The number of alkyl halides is 1. The maximum absolute atomic E-state index is 4.78. The molecule has 0 aromatic carbocycles. The largest absolute Gasteiger partial charge is 0.354 e. The Hall–Kier alpha value is -0.680. The summed E-state index contributed by atoms with van der Waals surface area (Å²) in [6.07, 6.45) is 5.37. The lowest BCUT2D eigenvalue weighted by molar-refractivity contribution is 0.665. The predicted octanol–water partition coefficient (Wildman–Crippen LogP) is 3.81. The third-order valence-corrected chi connectivity index (χ3v) is 4.70. The first-order valence-electron chi connectivity index (χ1n) is 6.46. The van der Waals surface area contributed by atoms with Crippen LogP contribution in [0.5, 0.6) is 0 Å². The van der Waals surface area contributed by atoms with Crippen molar-refractivity contribution in [3.8, 4) is 0 Å². The molecule has 0 radical (unpaired) electrons. The van der Waals surface area contributed by atoms with Crippen LogP contribution in [0, 0.1) is 0 Å². The monoisotopic (exact) mass is 341 g/mol. The summed E-state index contributed by atoms with van der Waals surface area (Å²) >= 11 is 5.48. The second kappa shape index (κ2) is 6.66. The van der Waals surface area contributed by atoms with Crippen molar-refractivity contribution in [1.82, 2.24) is 9.38 Å². The number of aromatic nitrogens is 2. The first kappa shape index (κ1) is 14.7. The molecule has 0 fully saturated rings. The predicted molar refractivity (Wildman–Crippen MR) is 88.7 cm³/mol. The van der Waals surface area contributed by atoms with E-state index in [1.165, 1.54) is 5.69 Å². The Morgan fingerprint density at radius 1 is 1.47 bits per heavy atom. The first-order valence-corrected chi connectivity index (χ1v) is 8.98. The van der Waals surface area contributed by atoms with Crippen LogP contribution in [0.15, 0.2) is 24.4 Å². The molecule has 1 atom stereocenters. The van der Waals surface area contributed by atoms with Crippen LogP contribution in [0.4, 0.5) is 5.82 Å². The van der Waals surface area contributed by atoms with Gasteiger partial charge < -0.3 is 9.30 Å². The Morgan fingerprint density at radius 2 is 2.26 bits per heavy atom. The smallest absolute Gasteiger partial charge is 0.152 e. The van der Waals surface area contributed by atoms with E-state index in [9.17, 15) is 0 Å². The van der Waals surface area contributed by atoms with Crippen LogP contribution in [0.3, 0.4) is 0 Å². The topological polar surface area (TPSA) is 20.5 Å². The van der Waals surface area contributed by atoms with Crippen LogP contribution in [0.2, 0.25) is 0 Å². The Morgan fingerprint density at radius 3 is 2.89 bits per heavy atom. The summed E-state index contributed by atoms with van der Waals surface area (Å²) in [5.41, 5.74) is 2.23. The Bertz CT molecular complexity index is 540. The van der Waals surface area contributed by atoms with Crippen molar-refractivity contribution in [2.75, 3.05) is 24.0 Å². The van der Waals surface area contributed by atoms with Crippen molar-refractivity contribution in [3.05, 3.63) is 30.1 Å². The summed E-state index contributed by atoms with van der Waals surface area (Å²) in [5.74, 6) is 2.21. The van der Waals surface area contributed by atoms with Gasteiger partial charge in [-0.25, -0.2) is 4.98 Å². The van der Waals surface area contributed by atoms with E-state index in [1.54, 1.807) is 0 Å². The maximum atomic E-state index is 4.78. The van der Waals surface area contributed by atoms with E-state index in [4.69, 9.17) is 4.98 Å². The number of anilines is 1. The minimum absolute atomic E-state index is 0.526. The number of hydrogen-bond acceptors (Lipinski definition) is 3. The normalized spacial score (nSPS) is 12.8. The van der Waals surface area contributed by atoms with Gasteiger partial charge in [-0.1, -0.05) is 28.9 Å². The van der Waals surface area contributed by atoms with Gasteiger partial charge in [0.15, 0.2) is 5.82 Å². The highest BCUT2D eigenvalue weighted by Crippen LogP contribution is 2.26. The molecule has 2 aromatic heterocycles. The average Bonchev–Trinajstić information content (AvgIpc) is 2.82. The quantitative estimate of drug-likeness (QED) is 0.745. The van der Waals surface area contributed by atoms with Gasteiger partial charge in [-0.3, -0.25) is 0 Å². The molecular formula is C14H20BrN3S. The number of halogens is 1. The third-order valence-electron chi connectivity index (χ3n) is 3.45. The van der Waals surface area contributed by atoms with E-state index < -0.39 is 0 Å². The SMILES string of the molecule is CCC(CSC)N(C)c1nc2ccccn2c1CBr. The number of nitrogens with zero attached hydrogens (tertiary/aromatic N) is 3. The zero-order valence-corrected chi connectivity index (χ0v) is 14.0. The maximum Gasteiger partial charge on any atom is 0.152 e. The summed E-state index contributed by atoms with van der Waals surface area (Å²) in [6, 6.07) is 6.66. The molecule has 3 nitrogen and oxygen atoms in total. The fraction of sp³-hybridized carbons (Fsp3) is 0.500. The lowest BCUT2D eigenvalue weighted by Crippen LogP contribution is -2.34. The highest BCUT2D eigenvalue weighted by molar-refractivity contribution is 9.08. The number of imidazole rings is 1. The first-order chi connectivity index (χ1) is 9.22. The van der Waals surface area contributed by atoms with Crippen LogP contribution in [-0.2, 0) is 5.33 Å². The minimum atomic E-state index is 0.526. The van der Waals surface area contributed by atoms with Gasteiger partial charge in [-0.05, 0) is 24.8 Å². The number of hydrogen-bond donors (Lipinski definition) is 0. The summed E-state index contributed by atoms with van der Waals surface area (Å²) in [7, 11) is 2.15. The van der Waals surface area contributed by atoms with Gasteiger partial charge in [0, 0.05) is 30.4 Å². The molecule has 0 bridgehead atoms. The Kier molecular flexibility index (Phi) is 5.16. The van der Waals surface area contributed by atoms with Crippen molar-refractivity contribution in [1.29, 1.82) is 0 Å². The fourth-order valence-electron chi connectivity index (χ4n) is 2.31. The van der Waals surface area contributed by atoms with E-state index in [0.29, 0.717) is 6.04 Å². The van der Waals surface area contributed by atoms with Gasteiger partial charge in [0.05, 0.1) is 5.69 Å². The molecule has 1 unspecified atom stereocenters. The molecule has 2 rings (SSSR count). The minimum Gasteiger partial charge on any atom is -0.354 e. The van der Waals surface area contributed by atoms with Crippen molar-refractivity contribution in [3.63, 3.8) is 0 Å².